The molecule has 0 spiro atoms. The SMILES string of the molecule is CC1=NN(c2ccc(S(N)(=O)=O)cc2)CC1.Clc1ccccc1. The summed E-state index contributed by atoms with van der Waals surface area (Å²) in [6.07, 6.45) is 0.941. The third-order valence-electron chi connectivity index (χ3n) is 3.17. The minimum absolute atomic E-state index is 0.121. The highest BCUT2D eigenvalue weighted by Gasteiger charge is 2.14. The van der Waals surface area contributed by atoms with Crippen LogP contribution in [0, 0.1) is 0 Å². The number of nitrogens with zero attached hydrogens (tertiary/aromatic N) is 2. The van der Waals surface area contributed by atoms with Gasteiger partial charge in [-0.1, -0.05) is 29.8 Å². The predicted molar refractivity (Wildman–Crippen MR) is 94.3 cm³/mol. The molecule has 0 unspecified atom stereocenters. The molecule has 5 nitrogen and oxygen atoms in total. The summed E-state index contributed by atoms with van der Waals surface area (Å²) < 4.78 is 22.1. The Kier molecular flexibility index (Phi) is 5.76. The Morgan fingerprint density at radius 1 is 1.09 bits per heavy atom. The first kappa shape index (κ1) is 17.5. The van der Waals surface area contributed by atoms with Gasteiger partial charge in [0.25, 0.3) is 0 Å². The quantitative estimate of drug-likeness (QED) is 0.902. The van der Waals surface area contributed by atoms with Gasteiger partial charge in [0.1, 0.15) is 0 Å². The maximum absolute atomic E-state index is 11.1. The molecular weight excluding hydrogens is 334 g/mol. The number of hydrogen-bond acceptors (Lipinski definition) is 4. The van der Waals surface area contributed by atoms with Gasteiger partial charge in [0.2, 0.25) is 10.0 Å². The zero-order chi connectivity index (χ0) is 16.9. The molecule has 1 aliphatic rings. The molecule has 7 heteroatoms. The Bertz CT molecular complexity index is 775. The van der Waals surface area contributed by atoms with Crippen LogP contribution in [-0.4, -0.2) is 20.7 Å². The lowest BCUT2D eigenvalue weighted by Crippen LogP contribution is -2.14. The van der Waals surface area contributed by atoms with Gasteiger partial charge in [0.15, 0.2) is 0 Å². The van der Waals surface area contributed by atoms with Crippen LogP contribution in [0.25, 0.3) is 0 Å². The monoisotopic (exact) mass is 351 g/mol. The molecule has 0 aliphatic carbocycles. The summed E-state index contributed by atoms with van der Waals surface area (Å²) >= 11 is 5.54. The summed E-state index contributed by atoms with van der Waals surface area (Å²) in [5.74, 6) is 0. The Labute approximate surface area is 141 Å². The van der Waals surface area contributed by atoms with Gasteiger partial charge in [0.05, 0.1) is 10.6 Å². The van der Waals surface area contributed by atoms with Crippen molar-refractivity contribution < 1.29 is 8.42 Å². The summed E-state index contributed by atoms with van der Waals surface area (Å²) in [5, 5.41) is 12.0. The van der Waals surface area contributed by atoms with Gasteiger partial charge in [-0.3, -0.25) is 5.01 Å². The molecule has 0 aromatic heterocycles. The van der Waals surface area contributed by atoms with E-state index < -0.39 is 10.0 Å². The Morgan fingerprint density at radius 2 is 1.70 bits per heavy atom. The number of halogens is 1. The van der Waals surface area contributed by atoms with E-state index >= 15 is 0 Å². The molecule has 0 radical (unpaired) electrons. The van der Waals surface area contributed by atoms with E-state index in [1.807, 2.05) is 42.3 Å². The van der Waals surface area contributed by atoms with Crippen LogP contribution in [0.2, 0.25) is 5.02 Å². The lowest BCUT2D eigenvalue weighted by atomic mass is 10.3. The number of anilines is 1. The van der Waals surface area contributed by atoms with Crippen molar-refractivity contribution in [2.24, 2.45) is 10.2 Å². The first-order valence-corrected chi connectivity index (χ1v) is 8.94. The van der Waals surface area contributed by atoms with Gasteiger partial charge < -0.3 is 0 Å². The summed E-state index contributed by atoms with van der Waals surface area (Å²) in [5.41, 5.74) is 1.96. The molecule has 1 aliphatic heterocycles. The number of nitrogens with two attached hydrogens (primary N) is 1. The maximum Gasteiger partial charge on any atom is 0.238 e. The van der Waals surface area contributed by atoms with Crippen molar-refractivity contribution >= 4 is 33.0 Å². The summed E-state index contributed by atoms with van der Waals surface area (Å²) in [6, 6.07) is 15.9. The number of hydrogen-bond donors (Lipinski definition) is 1. The lowest BCUT2D eigenvalue weighted by molar-refractivity contribution is 0.598. The first-order chi connectivity index (χ1) is 10.9. The average Bonchev–Trinajstić information content (AvgIpc) is 2.95. The van der Waals surface area contributed by atoms with Gasteiger partial charge in [-0.2, -0.15) is 5.10 Å². The van der Waals surface area contributed by atoms with E-state index in [4.69, 9.17) is 16.7 Å². The second-order valence-electron chi connectivity index (χ2n) is 5.04. The van der Waals surface area contributed by atoms with Crippen LogP contribution in [0.15, 0.2) is 64.6 Å². The lowest BCUT2D eigenvalue weighted by Gasteiger charge is -2.13. The third-order valence-corrected chi connectivity index (χ3v) is 4.35. The molecule has 2 N–H and O–H groups in total. The zero-order valence-corrected chi connectivity index (χ0v) is 14.3. The minimum atomic E-state index is -3.61. The predicted octanol–water partition coefficient (Wildman–Crippen LogP) is 3.26. The van der Waals surface area contributed by atoms with Crippen molar-refractivity contribution in [1.82, 2.24) is 0 Å². The largest absolute Gasteiger partial charge is 0.265 e. The fourth-order valence-corrected chi connectivity index (χ4v) is 2.64. The van der Waals surface area contributed by atoms with Crippen LogP contribution in [0.3, 0.4) is 0 Å². The molecule has 122 valence electrons. The van der Waals surface area contributed by atoms with E-state index in [9.17, 15) is 8.42 Å². The van der Waals surface area contributed by atoms with Gasteiger partial charge >= 0.3 is 0 Å². The number of primary sulfonamides is 1. The zero-order valence-electron chi connectivity index (χ0n) is 12.7. The first-order valence-electron chi connectivity index (χ1n) is 7.01. The molecule has 0 fully saturated rings. The summed E-state index contributed by atoms with van der Waals surface area (Å²) in [4.78, 5) is 0.121. The van der Waals surface area contributed by atoms with Crippen LogP contribution >= 0.6 is 11.6 Å². The Hall–Kier alpha value is -1.89. The smallest absolute Gasteiger partial charge is 0.238 e. The van der Waals surface area contributed by atoms with Crippen molar-refractivity contribution in [3.05, 3.63) is 59.6 Å². The third kappa shape index (κ3) is 5.35. The number of hydrazone groups is 1. The molecular formula is C16H18ClN3O2S. The molecule has 3 rings (SSSR count). The fraction of sp³-hybridized carbons (Fsp3) is 0.188. The normalized spacial score (nSPS) is 14.0. The summed E-state index contributed by atoms with van der Waals surface area (Å²) in [7, 11) is -3.61. The van der Waals surface area contributed by atoms with Crippen LogP contribution in [-0.2, 0) is 10.0 Å². The van der Waals surface area contributed by atoms with Gasteiger partial charge in [-0.15, -0.1) is 0 Å². The van der Waals surface area contributed by atoms with Gasteiger partial charge in [-0.05, 0) is 43.3 Å². The molecule has 23 heavy (non-hydrogen) atoms. The molecule has 0 bridgehead atoms. The van der Waals surface area contributed by atoms with Crippen molar-refractivity contribution in [2.45, 2.75) is 18.2 Å². The number of sulfonamides is 1. The van der Waals surface area contributed by atoms with Crippen molar-refractivity contribution in [3.63, 3.8) is 0 Å². The molecule has 2 aromatic rings. The fourth-order valence-electron chi connectivity index (χ4n) is 1.98. The molecule has 0 saturated heterocycles. The second-order valence-corrected chi connectivity index (χ2v) is 7.04. The van der Waals surface area contributed by atoms with Crippen LogP contribution in [0.5, 0.6) is 0 Å². The Balaban J connectivity index is 0.000000229. The number of rotatable bonds is 2. The highest BCUT2D eigenvalue weighted by Crippen LogP contribution is 2.20. The van der Waals surface area contributed by atoms with E-state index in [1.165, 1.54) is 12.1 Å². The second kappa shape index (κ2) is 7.59. The van der Waals surface area contributed by atoms with Crippen molar-refractivity contribution in [2.75, 3.05) is 11.6 Å². The topological polar surface area (TPSA) is 75.8 Å². The highest BCUT2D eigenvalue weighted by molar-refractivity contribution is 7.89. The van der Waals surface area contributed by atoms with Gasteiger partial charge in [-0.25, -0.2) is 13.6 Å². The molecule has 1 heterocycles. The number of benzene rings is 2. The molecule has 0 amide bonds. The maximum atomic E-state index is 11.1. The Morgan fingerprint density at radius 3 is 2.09 bits per heavy atom. The van der Waals surface area contributed by atoms with Crippen molar-refractivity contribution in [3.8, 4) is 0 Å². The van der Waals surface area contributed by atoms with E-state index in [-0.39, 0.29) is 4.90 Å². The van der Waals surface area contributed by atoms with E-state index in [1.54, 1.807) is 12.1 Å². The molecule has 0 atom stereocenters. The van der Waals surface area contributed by atoms with Crippen molar-refractivity contribution in [1.29, 1.82) is 0 Å². The van der Waals surface area contributed by atoms with Crippen LogP contribution in [0.4, 0.5) is 5.69 Å². The van der Waals surface area contributed by atoms with E-state index in [0.717, 1.165) is 29.4 Å². The molecule has 2 aromatic carbocycles. The van der Waals surface area contributed by atoms with E-state index in [2.05, 4.69) is 5.10 Å². The average molecular weight is 352 g/mol. The molecule has 0 saturated carbocycles. The van der Waals surface area contributed by atoms with Gasteiger partial charge in [0, 0.05) is 23.7 Å². The highest BCUT2D eigenvalue weighted by atomic mass is 35.5. The van der Waals surface area contributed by atoms with E-state index in [0.29, 0.717) is 0 Å². The van der Waals surface area contributed by atoms with Crippen LogP contribution < -0.4 is 10.1 Å². The standard InChI is InChI=1S/C10H13N3O2S.C6H5Cl/c1-8-6-7-13(12-8)9-2-4-10(5-3-9)16(11,14)15;7-6-4-2-1-3-5-6/h2-5H,6-7H2,1H3,(H2,11,14,15);1-5H. The summed E-state index contributed by atoms with van der Waals surface area (Å²) in [6.45, 7) is 2.80. The minimum Gasteiger partial charge on any atom is -0.265 e. The van der Waals surface area contributed by atoms with Crippen LogP contribution in [0.1, 0.15) is 13.3 Å².